The molecule has 14 heavy (non-hydrogen) atoms. The van der Waals surface area contributed by atoms with Crippen LogP contribution in [-0.4, -0.2) is 19.5 Å². The first kappa shape index (κ1) is 19.1. The Kier molecular flexibility index (Phi) is 12.4. The molecule has 0 amide bonds. The smallest absolute Gasteiger partial charge is 0.255 e. The first-order chi connectivity index (χ1) is 6.21. The molecule has 0 aromatic rings. The van der Waals surface area contributed by atoms with Crippen LogP contribution in [-0.2, 0) is 0 Å². The molecule has 0 saturated heterocycles. The van der Waals surface area contributed by atoms with E-state index in [-0.39, 0.29) is 0 Å². The highest BCUT2D eigenvalue weighted by atomic mass is 19.4. The van der Waals surface area contributed by atoms with Gasteiger partial charge in [0.1, 0.15) is 0 Å². The minimum atomic E-state index is -4.71. The summed E-state index contributed by atoms with van der Waals surface area (Å²) in [5.41, 5.74) is 0. The second-order valence-corrected chi connectivity index (χ2v) is 1.73. The number of alkyl halides is 7. The van der Waals surface area contributed by atoms with Crippen LogP contribution in [0.3, 0.4) is 0 Å². The highest BCUT2D eigenvalue weighted by Crippen LogP contribution is 2.29. The lowest BCUT2D eigenvalue weighted by atomic mass is 10.3. The van der Waals surface area contributed by atoms with E-state index in [0.717, 1.165) is 0 Å². The zero-order valence-corrected chi connectivity index (χ0v) is 8.06. The average Bonchev–Trinajstić information content (AvgIpc) is 2.06. The Hall–Kier alpha value is -0.490. The molecule has 0 heterocycles. The first-order valence-corrected chi connectivity index (χ1v) is 3.72. The summed E-state index contributed by atoms with van der Waals surface area (Å²) in [6.07, 6.45) is -13.0. The van der Waals surface area contributed by atoms with E-state index in [1.54, 1.807) is 0 Å². The third-order valence-electron chi connectivity index (χ3n) is 0.692. The van der Waals surface area contributed by atoms with Gasteiger partial charge in [-0.15, -0.1) is 0 Å². The van der Waals surface area contributed by atoms with Gasteiger partial charge in [0.2, 0.25) is 0 Å². The van der Waals surface area contributed by atoms with Gasteiger partial charge in [0.25, 0.3) is 0 Å². The minimum Gasteiger partial charge on any atom is -0.255 e. The molecule has 0 atom stereocenters. The van der Waals surface area contributed by atoms with Gasteiger partial charge in [-0.2, -0.15) is 26.3 Å². The van der Waals surface area contributed by atoms with E-state index in [9.17, 15) is 30.7 Å². The van der Waals surface area contributed by atoms with Crippen LogP contribution in [0.2, 0.25) is 0 Å². The molecule has 0 spiro atoms. The van der Waals surface area contributed by atoms with Gasteiger partial charge in [0.05, 0.1) is 20.0 Å². The third kappa shape index (κ3) is 30.0. The van der Waals surface area contributed by atoms with Crippen molar-refractivity contribution in [3.05, 3.63) is 0 Å². The molecule has 0 aliphatic heterocycles. The average molecular weight is 230 g/mol. The Balaban J connectivity index is -0.000000266. The second-order valence-electron chi connectivity index (χ2n) is 1.73. The lowest BCUT2D eigenvalue weighted by molar-refractivity contribution is -0.183. The van der Waals surface area contributed by atoms with Crippen molar-refractivity contribution in [3.8, 4) is 0 Å². The quantitative estimate of drug-likeness (QED) is 0.581. The number of rotatable bonds is 1. The fourth-order valence-corrected chi connectivity index (χ4v) is 0.283. The Morgan fingerprint density at radius 3 is 0.857 bits per heavy atom. The highest BCUT2D eigenvalue weighted by Gasteiger charge is 2.35. The molecule has 0 saturated carbocycles. The Morgan fingerprint density at radius 2 is 0.786 bits per heavy atom. The molecule has 0 radical (unpaired) electrons. The van der Waals surface area contributed by atoms with E-state index in [4.69, 9.17) is 0 Å². The summed E-state index contributed by atoms with van der Waals surface area (Å²) in [5.74, 6) is 0. The molecule has 0 aliphatic rings. The van der Waals surface area contributed by atoms with E-state index < -0.39 is 25.2 Å². The van der Waals surface area contributed by atoms with Gasteiger partial charge in [-0.05, 0) is 0 Å². The third-order valence-corrected chi connectivity index (χ3v) is 0.692. The molecule has 7 heteroatoms. The molecule has 0 aromatic heterocycles. The molecule has 0 fully saturated rings. The van der Waals surface area contributed by atoms with E-state index in [2.05, 4.69) is 0 Å². The summed E-state index contributed by atoms with van der Waals surface area (Å²) in [6.45, 7) is 4.00. The molecule has 0 rings (SSSR count). The van der Waals surface area contributed by atoms with Gasteiger partial charge in [0, 0.05) is 0 Å². The van der Waals surface area contributed by atoms with Gasteiger partial charge in [-0.25, -0.2) is 0 Å². The molecular formula is C7H13F7. The van der Waals surface area contributed by atoms with Crippen LogP contribution in [0.1, 0.15) is 26.7 Å². The zero-order valence-electron chi connectivity index (χ0n) is 8.06. The standard InChI is InChI=1S/C4H4F6.C2H6.CH3F/c5-3(6,7)1-2-4(8,9)10;2*1-2/h1-2H2;1-2H3;1H3. The maximum Gasteiger partial charge on any atom is 0.389 e. The molecule has 0 nitrogen and oxygen atoms in total. The molecular weight excluding hydrogens is 217 g/mol. The lowest BCUT2D eigenvalue weighted by Gasteiger charge is -2.07. The summed E-state index contributed by atoms with van der Waals surface area (Å²) < 4.78 is 76.0. The predicted molar refractivity (Wildman–Crippen MR) is 39.7 cm³/mol. The molecule has 0 aromatic carbocycles. The van der Waals surface area contributed by atoms with Crippen LogP contribution in [0.5, 0.6) is 0 Å². The molecule has 0 unspecified atom stereocenters. The van der Waals surface area contributed by atoms with Crippen molar-refractivity contribution in [3.63, 3.8) is 0 Å². The van der Waals surface area contributed by atoms with Crippen molar-refractivity contribution in [2.24, 2.45) is 0 Å². The highest BCUT2D eigenvalue weighted by molar-refractivity contribution is 4.56. The van der Waals surface area contributed by atoms with E-state index in [1.807, 2.05) is 13.8 Å². The van der Waals surface area contributed by atoms with Crippen LogP contribution in [0, 0.1) is 0 Å². The summed E-state index contributed by atoms with van der Waals surface area (Å²) >= 11 is 0. The van der Waals surface area contributed by atoms with E-state index in [1.165, 1.54) is 0 Å². The predicted octanol–water partition coefficient (Wildman–Crippen LogP) is 4.50. The van der Waals surface area contributed by atoms with E-state index >= 15 is 0 Å². The molecule has 0 N–H and O–H groups in total. The Morgan fingerprint density at radius 1 is 0.643 bits per heavy atom. The van der Waals surface area contributed by atoms with Crippen molar-refractivity contribution in [2.75, 3.05) is 7.18 Å². The normalized spacial score (nSPS) is 10.7. The van der Waals surface area contributed by atoms with Crippen LogP contribution in [0.15, 0.2) is 0 Å². The first-order valence-electron chi connectivity index (χ1n) is 3.72. The fourth-order valence-electron chi connectivity index (χ4n) is 0.283. The fraction of sp³-hybridized carbons (Fsp3) is 1.00. The van der Waals surface area contributed by atoms with Crippen molar-refractivity contribution < 1.29 is 30.7 Å². The van der Waals surface area contributed by atoms with Gasteiger partial charge in [-0.3, -0.25) is 4.39 Å². The SMILES string of the molecule is CC.CF.FC(F)(F)CCC(F)(F)F. The van der Waals surface area contributed by atoms with Gasteiger partial charge in [0.15, 0.2) is 0 Å². The van der Waals surface area contributed by atoms with E-state index in [0.29, 0.717) is 7.18 Å². The van der Waals surface area contributed by atoms with Crippen molar-refractivity contribution in [1.29, 1.82) is 0 Å². The summed E-state index contributed by atoms with van der Waals surface area (Å²) in [6, 6.07) is 0. The zero-order chi connectivity index (χ0) is 12.4. The summed E-state index contributed by atoms with van der Waals surface area (Å²) in [5, 5.41) is 0. The van der Waals surface area contributed by atoms with Gasteiger partial charge in [-0.1, -0.05) is 13.8 Å². The molecule has 90 valence electrons. The van der Waals surface area contributed by atoms with Crippen LogP contribution in [0.25, 0.3) is 0 Å². The Labute approximate surface area is 78.1 Å². The van der Waals surface area contributed by atoms with Crippen molar-refractivity contribution in [2.45, 2.75) is 39.0 Å². The number of hydrogen-bond acceptors (Lipinski definition) is 0. The summed E-state index contributed by atoms with van der Waals surface area (Å²) in [7, 11) is 0.500. The second kappa shape index (κ2) is 9.08. The van der Waals surface area contributed by atoms with Crippen LogP contribution >= 0.6 is 0 Å². The van der Waals surface area contributed by atoms with Crippen molar-refractivity contribution >= 4 is 0 Å². The molecule has 0 aliphatic carbocycles. The monoisotopic (exact) mass is 230 g/mol. The maximum absolute atomic E-state index is 11.1. The van der Waals surface area contributed by atoms with Crippen LogP contribution in [0.4, 0.5) is 30.7 Å². The van der Waals surface area contributed by atoms with Crippen LogP contribution < -0.4 is 0 Å². The van der Waals surface area contributed by atoms with Gasteiger partial charge >= 0.3 is 12.4 Å². The Bertz CT molecular complexity index is 87.6. The minimum absolute atomic E-state index is 0.500. The van der Waals surface area contributed by atoms with Gasteiger partial charge < -0.3 is 0 Å². The summed E-state index contributed by atoms with van der Waals surface area (Å²) in [4.78, 5) is 0. The van der Waals surface area contributed by atoms with Crippen molar-refractivity contribution in [1.82, 2.24) is 0 Å². The number of halogens is 7. The molecule has 0 bridgehead atoms. The number of hydrogen-bond donors (Lipinski definition) is 0. The largest absolute Gasteiger partial charge is 0.389 e. The maximum atomic E-state index is 11.1. The topological polar surface area (TPSA) is 0 Å². The lowest BCUT2D eigenvalue weighted by Crippen LogP contribution is -2.15.